The van der Waals surface area contributed by atoms with Crippen LogP contribution in [0.3, 0.4) is 0 Å². The van der Waals surface area contributed by atoms with Gasteiger partial charge >= 0.3 is 25.2 Å². The van der Waals surface area contributed by atoms with Gasteiger partial charge in [0.25, 0.3) is 0 Å². The summed E-state index contributed by atoms with van der Waals surface area (Å²) in [6, 6.07) is 0. The van der Waals surface area contributed by atoms with E-state index in [1.807, 2.05) is 0 Å². The number of hydrogen-bond acceptors (Lipinski definition) is 4. The molecule has 1 rings (SSSR count). The first-order valence-corrected chi connectivity index (χ1v) is 8.03. The maximum absolute atomic E-state index is 12.6. The molecule has 0 aliphatic heterocycles. The predicted octanol–water partition coefficient (Wildman–Crippen LogP) is 6.04. The van der Waals surface area contributed by atoms with Crippen molar-refractivity contribution >= 4 is 0 Å². The Bertz CT molecular complexity index is 578. The Morgan fingerprint density at radius 3 is 1.57 bits per heavy atom. The Hall–Kier alpha value is -1.26. The molecule has 0 aromatic heterocycles. The minimum absolute atomic E-state index is 0.0379. The molecule has 0 heterocycles. The first-order chi connectivity index (χ1) is 13.2. The van der Waals surface area contributed by atoms with Gasteiger partial charge in [0.05, 0.1) is 12.2 Å². The van der Waals surface area contributed by atoms with Crippen molar-refractivity contribution < 1.29 is 62.4 Å². The molecule has 0 N–H and O–H groups in total. The second-order valence-corrected chi connectivity index (χ2v) is 6.76. The largest absolute Gasteiger partial charge is 0.490 e. The Kier molecular flexibility index (Phi) is 7.77. The SMILES string of the molecule is CC(C)(ON(C(F)(F)F)C(F)(F)F)C1CC=C(CON(C(F)(F)F)C(F)(F)F)CC1. The van der Waals surface area contributed by atoms with Gasteiger partial charge in [-0.25, -0.2) is 0 Å². The molecule has 1 unspecified atom stereocenters. The van der Waals surface area contributed by atoms with Crippen molar-refractivity contribution in [3.8, 4) is 0 Å². The number of allylic oxidation sites excluding steroid dienone is 1. The summed E-state index contributed by atoms with van der Waals surface area (Å²) in [6.45, 7) is 0.781. The topological polar surface area (TPSA) is 24.9 Å². The smallest absolute Gasteiger partial charge is 0.280 e. The molecule has 0 saturated heterocycles. The van der Waals surface area contributed by atoms with Crippen LogP contribution < -0.4 is 0 Å². The Labute approximate surface area is 161 Å². The van der Waals surface area contributed by atoms with E-state index in [1.165, 1.54) is 0 Å². The summed E-state index contributed by atoms with van der Waals surface area (Å²) in [5, 5.41) is -4.17. The van der Waals surface area contributed by atoms with Gasteiger partial charge in [-0.05, 0) is 44.6 Å². The minimum atomic E-state index is -5.89. The Morgan fingerprint density at radius 2 is 1.23 bits per heavy atom. The second-order valence-electron chi connectivity index (χ2n) is 6.76. The number of alkyl halides is 12. The summed E-state index contributed by atoms with van der Waals surface area (Å²) >= 11 is 0. The van der Waals surface area contributed by atoms with E-state index in [1.54, 1.807) is 0 Å². The normalized spacial score (nSPS) is 20.1. The fourth-order valence-electron chi connectivity index (χ4n) is 2.65. The quantitative estimate of drug-likeness (QED) is 0.204. The van der Waals surface area contributed by atoms with Crippen molar-refractivity contribution in [3.05, 3.63) is 11.6 Å². The second kappa shape index (κ2) is 8.70. The van der Waals surface area contributed by atoms with Crippen molar-refractivity contribution in [2.75, 3.05) is 6.61 Å². The zero-order valence-electron chi connectivity index (χ0n) is 15.2. The molecule has 0 saturated carbocycles. The van der Waals surface area contributed by atoms with Crippen LogP contribution in [0, 0.1) is 5.92 Å². The van der Waals surface area contributed by atoms with Gasteiger partial charge < -0.3 is 0 Å². The molecule has 1 aliphatic carbocycles. The lowest BCUT2D eigenvalue weighted by Crippen LogP contribution is -2.53. The molecule has 30 heavy (non-hydrogen) atoms. The van der Waals surface area contributed by atoms with Crippen LogP contribution in [0.2, 0.25) is 0 Å². The average molecular weight is 472 g/mol. The van der Waals surface area contributed by atoms with Crippen LogP contribution in [0.15, 0.2) is 11.6 Å². The molecule has 0 spiro atoms. The van der Waals surface area contributed by atoms with Crippen LogP contribution in [-0.4, -0.2) is 47.5 Å². The minimum Gasteiger partial charge on any atom is -0.280 e. The first kappa shape index (κ1) is 26.8. The van der Waals surface area contributed by atoms with Crippen LogP contribution in [0.5, 0.6) is 0 Å². The maximum atomic E-state index is 12.6. The van der Waals surface area contributed by atoms with Crippen LogP contribution in [0.1, 0.15) is 33.1 Å². The lowest BCUT2D eigenvalue weighted by atomic mass is 9.79. The fourth-order valence-corrected chi connectivity index (χ4v) is 2.65. The standard InChI is InChI=1S/C14H16F12N2O2/c1-10(2,30-28(13(21,22)23)14(24,25)26)9-5-3-8(4-6-9)7-29-27(11(15,16)17)12(18,19)20/h3,9H,4-7H2,1-2H3. The Balaban J connectivity index is 2.81. The van der Waals surface area contributed by atoms with E-state index in [4.69, 9.17) is 0 Å². The summed E-state index contributed by atoms with van der Waals surface area (Å²) < 4.78 is 150. The summed E-state index contributed by atoms with van der Waals surface area (Å²) in [7, 11) is 0. The van der Waals surface area contributed by atoms with Crippen LogP contribution in [-0.2, 0) is 9.68 Å². The van der Waals surface area contributed by atoms with Gasteiger partial charge in [0, 0.05) is 10.1 Å². The zero-order chi connectivity index (χ0) is 23.8. The number of halogens is 12. The lowest BCUT2D eigenvalue weighted by Gasteiger charge is -2.40. The molecular weight excluding hydrogens is 456 g/mol. The van der Waals surface area contributed by atoms with Crippen molar-refractivity contribution in [2.24, 2.45) is 5.92 Å². The maximum Gasteiger partial charge on any atom is 0.490 e. The van der Waals surface area contributed by atoms with E-state index in [-0.39, 0.29) is 24.8 Å². The number of hydrogen-bond donors (Lipinski definition) is 0. The van der Waals surface area contributed by atoms with Gasteiger partial charge in [0.2, 0.25) is 0 Å². The highest BCUT2D eigenvalue weighted by molar-refractivity contribution is 5.08. The first-order valence-electron chi connectivity index (χ1n) is 8.03. The molecule has 0 aromatic carbocycles. The van der Waals surface area contributed by atoms with Gasteiger partial charge in [0.15, 0.2) is 0 Å². The number of nitrogens with zero attached hydrogens (tertiary/aromatic N) is 2. The van der Waals surface area contributed by atoms with Crippen molar-refractivity contribution in [2.45, 2.75) is 63.9 Å². The molecule has 0 amide bonds. The van der Waals surface area contributed by atoms with E-state index in [2.05, 4.69) is 9.68 Å². The van der Waals surface area contributed by atoms with Crippen LogP contribution in [0.4, 0.5) is 52.7 Å². The molecule has 1 aliphatic rings. The molecule has 178 valence electrons. The van der Waals surface area contributed by atoms with Gasteiger partial charge in [-0.3, -0.25) is 9.68 Å². The van der Waals surface area contributed by atoms with Crippen molar-refractivity contribution in [1.82, 2.24) is 10.1 Å². The molecule has 1 atom stereocenters. The van der Waals surface area contributed by atoms with Crippen molar-refractivity contribution in [3.63, 3.8) is 0 Å². The van der Waals surface area contributed by atoms with E-state index in [0.717, 1.165) is 19.9 Å². The third-order valence-electron chi connectivity index (χ3n) is 4.11. The van der Waals surface area contributed by atoms with E-state index < -0.39 is 53.5 Å². The molecule has 0 bridgehead atoms. The van der Waals surface area contributed by atoms with Crippen LogP contribution >= 0.6 is 0 Å². The predicted molar refractivity (Wildman–Crippen MR) is 74.4 cm³/mol. The van der Waals surface area contributed by atoms with Crippen LogP contribution in [0.25, 0.3) is 0 Å². The highest BCUT2D eigenvalue weighted by atomic mass is 19.4. The highest BCUT2D eigenvalue weighted by Gasteiger charge is 2.58. The third kappa shape index (κ3) is 7.46. The molecular formula is C14H16F12N2O2. The van der Waals surface area contributed by atoms with Crippen molar-refractivity contribution in [1.29, 1.82) is 0 Å². The van der Waals surface area contributed by atoms with E-state index in [0.29, 0.717) is 0 Å². The molecule has 4 nitrogen and oxygen atoms in total. The lowest BCUT2D eigenvalue weighted by molar-refractivity contribution is -0.504. The highest BCUT2D eigenvalue weighted by Crippen LogP contribution is 2.41. The average Bonchev–Trinajstić information content (AvgIpc) is 2.48. The molecule has 0 fully saturated rings. The Morgan fingerprint density at radius 1 is 0.800 bits per heavy atom. The summed E-state index contributed by atoms with van der Waals surface area (Å²) in [4.78, 5) is 7.91. The zero-order valence-corrected chi connectivity index (χ0v) is 15.2. The fraction of sp³-hybridized carbons (Fsp3) is 0.857. The summed E-state index contributed by atoms with van der Waals surface area (Å²) in [6.07, 6.45) is -23.1. The molecule has 0 aromatic rings. The number of hydroxylamine groups is 4. The summed E-state index contributed by atoms with van der Waals surface area (Å²) in [5.74, 6) is -0.949. The van der Waals surface area contributed by atoms with Gasteiger partial charge in [-0.2, -0.15) is 52.7 Å². The number of rotatable bonds is 6. The monoisotopic (exact) mass is 472 g/mol. The summed E-state index contributed by atoms with van der Waals surface area (Å²) in [5.41, 5.74) is -2.05. The van der Waals surface area contributed by atoms with E-state index >= 15 is 0 Å². The molecule has 16 heteroatoms. The van der Waals surface area contributed by atoms with Gasteiger partial charge in [-0.15, -0.1) is 0 Å². The van der Waals surface area contributed by atoms with Gasteiger partial charge in [-0.1, -0.05) is 6.08 Å². The molecule has 0 radical (unpaired) electrons. The third-order valence-corrected chi connectivity index (χ3v) is 4.11. The van der Waals surface area contributed by atoms with E-state index in [9.17, 15) is 52.7 Å². The van der Waals surface area contributed by atoms with Gasteiger partial charge in [0.1, 0.15) is 0 Å².